The molecule has 0 saturated carbocycles. The van der Waals surface area contributed by atoms with E-state index in [2.05, 4.69) is 4.98 Å². The molecule has 4 nitrogen and oxygen atoms in total. The quantitative estimate of drug-likeness (QED) is 0.800. The first-order chi connectivity index (χ1) is 8.87. The maximum atomic E-state index is 13.2. The molecule has 0 aliphatic heterocycles. The number of nitrogens with zero attached hydrogens (tertiary/aromatic N) is 2. The van der Waals surface area contributed by atoms with Crippen LogP contribution >= 0.6 is 0 Å². The monoisotopic (exact) mass is 264 g/mol. The third kappa shape index (κ3) is 2.20. The normalized spacial score (nSPS) is 11.8. The fourth-order valence-corrected chi connectivity index (χ4v) is 2.13. The summed E-state index contributed by atoms with van der Waals surface area (Å²) in [6, 6.07) is 4.40. The van der Waals surface area contributed by atoms with E-state index in [9.17, 15) is 9.18 Å². The van der Waals surface area contributed by atoms with Gasteiger partial charge in [0.25, 0.3) is 0 Å². The van der Waals surface area contributed by atoms with Gasteiger partial charge in [0.15, 0.2) is 0 Å². The maximum Gasteiger partial charge on any atom is 0.319 e. The molecular formula is C14H17FN2O2. The summed E-state index contributed by atoms with van der Waals surface area (Å²) >= 11 is 0. The number of carbonyl (C=O) groups excluding carboxylic acids is 1. The summed E-state index contributed by atoms with van der Waals surface area (Å²) in [6.45, 7) is 5.59. The number of aryl methyl sites for hydroxylation is 1. The fourth-order valence-electron chi connectivity index (χ4n) is 2.13. The van der Waals surface area contributed by atoms with Gasteiger partial charge in [0.2, 0.25) is 0 Å². The Balaban J connectivity index is 2.56. The van der Waals surface area contributed by atoms with Gasteiger partial charge >= 0.3 is 5.97 Å². The van der Waals surface area contributed by atoms with E-state index in [4.69, 9.17) is 4.74 Å². The molecule has 0 saturated heterocycles. The zero-order chi connectivity index (χ0) is 14.2. The average Bonchev–Trinajstić information content (AvgIpc) is 2.67. The summed E-state index contributed by atoms with van der Waals surface area (Å²) in [5, 5.41) is 0. The molecule has 5 heteroatoms. The molecule has 0 aliphatic rings. The number of fused-ring (bicyclic) bond motifs is 1. The van der Waals surface area contributed by atoms with Gasteiger partial charge in [-0.1, -0.05) is 0 Å². The molecule has 102 valence electrons. The summed E-state index contributed by atoms with van der Waals surface area (Å²) in [7, 11) is 1.81. The second-order valence-electron chi connectivity index (χ2n) is 4.97. The summed E-state index contributed by atoms with van der Waals surface area (Å²) in [5.74, 6) is -0.119. The van der Waals surface area contributed by atoms with Crippen LogP contribution in [0.4, 0.5) is 4.39 Å². The minimum atomic E-state index is -0.875. The van der Waals surface area contributed by atoms with Gasteiger partial charge in [-0.15, -0.1) is 0 Å². The van der Waals surface area contributed by atoms with Crippen LogP contribution in [-0.4, -0.2) is 22.1 Å². The van der Waals surface area contributed by atoms with Crippen molar-refractivity contribution >= 4 is 17.0 Å². The Morgan fingerprint density at radius 2 is 2.16 bits per heavy atom. The molecule has 0 bridgehead atoms. The number of esters is 1. The Morgan fingerprint density at radius 1 is 1.47 bits per heavy atom. The number of aromatic nitrogens is 2. The molecule has 1 aromatic carbocycles. The summed E-state index contributed by atoms with van der Waals surface area (Å²) < 4.78 is 20.1. The summed E-state index contributed by atoms with van der Waals surface area (Å²) in [4.78, 5) is 16.4. The van der Waals surface area contributed by atoms with Crippen molar-refractivity contribution in [2.24, 2.45) is 7.05 Å². The summed E-state index contributed by atoms with van der Waals surface area (Å²) in [6.07, 6.45) is 0. The lowest BCUT2D eigenvalue weighted by atomic mass is 9.92. The van der Waals surface area contributed by atoms with Crippen molar-refractivity contribution < 1.29 is 13.9 Å². The van der Waals surface area contributed by atoms with Gasteiger partial charge in [-0.2, -0.15) is 0 Å². The van der Waals surface area contributed by atoms with Gasteiger partial charge in [0, 0.05) is 13.1 Å². The van der Waals surface area contributed by atoms with Crippen molar-refractivity contribution in [1.29, 1.82) is 0 Å². The molecule has 0 atom stereocenters. The van der Waals surface area contributed by atoms with Gasteiger partial charge in [0.1, 0.15) is 17.1 Å². The molecule has 0 spiro atoms. The van der Waals surface area contributed by atoms with Crippen LogP contribution in [0.25, 0.3) is 11.0 Å². The second kappa shape index (κ2) is 4.64. The third-order valence-corrected chi connectivity index (χ3v) is 3.19. The summed E-state index contributed by atoms with van der Waals surface area (Å²) in [5.41, 5.74) is 0.448. The number of benzene rings is 1. The van der Waals surface area contributed by atoms with Crippen molar-refractivity contribution in [1.82, 2.24) is 9.55 Å². The van der Waals surface area contributed by atoms with E-state index in [1.54, 1.807) is 31.4 Å². The van der Waals surface area contributed by atoms with Crippen molar-refractivity contribution in [2.75, 3.05) is 6.61 Å². The van der Waals surface area contributed by atoms with E-state index >= 15 is 0 Å². The van der Waals surface area contributed by atoms with E-state index in [1.807, 2.05) is 7.05 Å². The molecule has 19 heavy (non-hydrogen) atoms. The minimum Gasteiger partial charge on any atom is -0.465 e. The highest BCUT2D eigenvalue weighted by Gasteiger charge is 2.36. The highest BCUT2D eigenvalue weighted by molar-refractivity contribution is 5.84. The lowest BCUT2D eigenvalue weighted by Crippen LogP contribution is -2.33. The zero-order valence-electron chi connectivity index (χ0n) is 11.5. The van der Waals surface area contributed by atoms with Crippen LogP contribution in [0.1, 0.15) is 26.6 Å². The first kappa shape index (κ1) is 13.5. The number of imidazole rings is 1. The van der Waals surface area contributed by atoms with Crippen molar-refractivity contribution in [3.05, 3.63) is 29.8 Å². The lowest BCUT2D eigenvalue weighted by molar-refractivity contribution is -0.149. The molecular weight excluding hydrogens is 247 g/mol. The molecule has 0 N–H and O–H groups in total. The highest BCUT2D eigenvalue weighted by Crippen LogP contribution is 2.27. The van der Waals surface area contributed by atoms with E-state index in [0.29, 0.717) is 17.9 Å². The van der Waals surface area contributed by atoms with Crippen LogP contribution in [0, 0.1) is 5.82 Å². The van der Waals surface area contributed by atoms with Crippen molar-refractivity contribution in [3.63, 3.8) is 0 Å². The topological polar surface area (TPSA) is 44.1 Å². The molecule has 0 aliphatic carbocycles. The van der Waals surface area contributed by atoms with Gasteiger partial charge in [0.05, 0.1) is 17.6 Å². The third-order valence-electron chi connectivity index (χ3n) is 3.19. The molecule has 2 aromatic rings. The fraction of sp³-hybridized carbons (Fsp3) is 0.429. The lowest BCUT2D eigenvalue weighted by Gasteiger charge is -2.21. The van der Waals surface area contributed by atoms with E-state index in [-0.39, 0.29) is 11.8 Å². The molecule has 1 heterocycles. The Kier molecular flexibility index (Phi) is 3.30. The Bertz CT molecular complexity index is 632. The largest absolute Gasteiger partial charge is 0.465 e. The first-order valence-electron chi connectivity index (χ1n) is 6.17. The van der Waals surface area contributed by atoms with Crippen LogP contribution in [0.5, 0.6) is 0 Å². The molecule has 2 rings (SSSR count). The predicted octanol–water partition coefficient (Wildman–Crippen LogP) is 2.55. The molecule has 0 fully saturated rings. The number of hydrogen-bond donors (Lipinski definition) is 0. The highest BCUT2D eigenvalue weighted by atomic mass is 19.1. The van der Waals surface area contributed by atoms with Crippen molar-refractivity contribution in [2.45, 2.75) is 26.2 Å². The average molecular weight is 264 g/mol. The van der Waals surface area contributed by atoms with Crippen LogP contribution in [0.2, 0.25) is 0 Å². The first-order valence-corrected chi connectivity index (χ1v) is 6.17. The Labute approximate surface area is 111 Å². The number of ether oxygens (including phenoxy) is 1. The van der Waals surface area contributed by atoms with E-state index < -0.39 is 5.41 Å². The van der Waals surface area contributed by atoms with Crippen molar-refractivity contribution in [3.8, 4) is 0 Å². The number of hydrogen-bond acceptors (Lipinski definition) is 3. The van der Waals surface area contributed by atoms with Gasteiger partial charge in [-0.25, -0.2) is 9.37 Å². The Morgan fingerprint density at radius 3 is 2.79 bits per heavy atom. The smallest absolute Gasteiger partial charge is 0.319 e. The van der Waals surface area contributed by atoms with Crippen LogP contribution in [0.15, 0.2) is 18.2 Å². The van der Waals surface area contributed by atoms with Crippen LogP contribution < -0.4 is 0 Å². The molecule has 1 aromatic heterocycles. The molecule has 0 unspecified atom stereocenters. The maximum absolute atomic E-state index is 13.2. The minimum absolute atomic E-state index is 0.320. The standard InChI is InChI=1S/C14H17FN2O2/c1-5-19-13(18)14(2,3)12-16-10-8-9(15)6-7-11(10)17(12)4/h6-8H,5H2,1-4H3. The van der Waals surface area contributed by atoms with Gasteiger partial charge in [-0.3, -0.25) is 4.79 Å². The number of carbonyl (C=O) groups is 1. The van der Waals surface area contributed by atoms with Gasteiger partial charge < -0.3 is 9.30 Å². The van der Waals surface area contributed by atoms with E-state index in [1.165, 1.54) is 12.1 Å². The Hall–Kier alpha value is -1.91. The number of rotatable bonds is 3. The van der Waals surface area contributed by atoms with Crippen LogP contribution in [-0.2, 0) is 22.0 Å². The van der Waals surface area contributed by atoms with E-state index in [0.717, 1.165) is 5.52 Å². The molecule has 0 amide bonds. The van der Waals surface area contributed by atoms with Crippen LogP contribution in [0.3, 0.4) is 0 Å². The predicted molar refractivity (Wildman–Crippen MR) is 70.3 cm³/mol. The zero-order valence-corrected chi connectivity index (χ0v) is 11.5. The SMILES string of the molecule is CCOC(=O)C(C)(C)c1nc2cc(F)ccc2n1C. The van der Waals surface area contributed by atoms with Gasteiger partial charge in [-0.05, 0) is 32.9 Å². The second-order valence-corrected chi connectivity index (χ2v) is 4.97. The number of halogens is 1. The molecule has 0 radical (unpaired) electrons.